The Labute approximate surface area is 414 Å². The van der Waals surface area contributed by atoms with Crippen LogP contribution in [0.3, 0.4) is 0 Å². The van der Waals surface area contributed by atoms with E-state index in [4.69, 9.17) is 34.8 Å². The Kier molecular flexibility index (Phi) is 9.72. The van der Waals surface area contributed by atoms with E-state index in [-0.39, 0.29) is 32.5 Å². The second kappa shape index (κ2) is 13.9. The third-order valence-electron chi connectivity index (χ3n) is 15.8. The summed E-state index contributed by atoms with van der Waals surface area (Å²) < 4.78 is 2.70. The normalized spacial score (nSPS) is 19.5. The lowest BCUT2D eigenvalue weighted by molar-refractivity contribution is 0.565. The molecule has 6 heterocycles. The van der Waals surface area contributed by atoms with Crippen LogP contribution in [0.4, 0.5) is 34.1 Å². The Hall–Kier alpha value is -2.77. The van der Waals surface area contributed by atoms with Crippen LogP contribution in [0, 0.1) is 0 Å². The molecule has 0 bridgehead atoms. The topological polar surface area (TPSA) is 6.48 Å². The molecule has 6 aromatic rings. The van der Waals surface area contributed by atoms with Gasteiger partial charge in [-0.15, -0.1) is 0 Å². The van der Waals surface area contributed by atoms with Crippen molar-refractivity contribution in [1.82, 2.24) is 0 Å². The Balaban J connectivity index is 0.000000139. The van der Waals surface area contributed by atoms with E-state index in [0.717, 1.165) is 13.4 Å². The van der Waals surface area contributed by atoms with E-state index in [1.54, 1.807) is 0 Å². The molecule has 2 nitrogen and oxygen atoms in total. The van der Waals surface area contributed by atoms with Crippen LogP contribution in [0.2, 0.25) is 0 Å². The van der Waals surface area contributed by atoms with Crippen LogP contribution in [0.25, 0.3) is 0 Å². The summed E-state index contributed by atoms with van der Waals surface area (Å²) in [5.74, 6) is 0. The quantitative estimate of drug-likeness (QED) is 0.140. The first kappa shape index (κ1) is 44.1. The van der Waals surface area contributed by atoms with E-state index in [1.807, 2.05) is 0 Å². The summed E-state index contributed by atoms with van der Waals surface area (Å²) in [4.78, 5) is 5.20. The Morgan fingerprint density at radius 3 is 0.635 bits per heavy atom. The Morgan fingerprint density at radius 1 is 0.317 bits per heavy atom. The number of nitrogens with zero attached hydrogens (tertiary/aromatic N) is 2. The van der Waals surface area contributed by atoms with Crippen molar-refractivity contribution in [3.8, 4) is 0 Å². The van der Waals surface area contributed by atoms with Crippen molar-refractivity contribution in [3.05, 3.63) is 171 Å². The largest absolute Gasteiger partial charge is 0.309 e. The molecule has 0 aliphatic carbocycles. The summed E-state index contributed by atoms with van der Waals surface area (Å²) in [5, 5.41) is 0. The minimum atomic E-state index is -0.750. The highest BCUT2D eigenvalue weighted by atomic mass is 79.9. The molecule has 6 aromatic carbocycles. The average Bonchev–Trinajstić information content (AvgIpc) is 3.19. The Morgan fingerprint density at radius 2 is 0.460 bits per heavy atom. The van der Waals surface area contributed by atoms with Crippen molar-refractivity contribution < 1.29 is 0 Å². The number of alkyl halides is 3. The van der Waals surface area contributed by atoms with Gasteiger partial charge in [0.05, 0.1) is 34.1 Å². The summed E-state index contributed by atoms with van der Waals surface area (Å²) in [6.45, 7) is 28.6. The first-order valence-electron chi connectivity index (χ1n) is 21.8. The third-order valence-corrected chi connectivity index (χ3v) is 17.1. The first-order chi connectivity index (χ1) is 29.3. The molecule has 0 amide bonds. The van der Waals surface area contributed by atoms with Gasteiger partial charge in [-0.2, -0.15) is 0 Å². The number of anilines is 6. The van der Waals surface area contributed by atoms with E-state index in [1.165, 1.54) is 101 Å². The van der Waals surface area contributed by atoms with Gasteiger partial charge in [0.1, 0.15) is 0 Å². The molecule has 0 saturated carbocycles. The van der Waals surface area contributed by atoms with Crippen molar-refractivity contribution in [1.29, 1.82) is 0 Å². The summed E-state index contributed by atoms with van der Waals surface area (Å²) in [6, 6.07) is 34.9. The van der Waals surface area contributed by atoms with Gasteiger partial charge in [-0.05, 0) is 103 Å². The van der Waals surface area contributed by atoms with E-state index in [0.29, 0.717) is 0 Å². The average molecular weight is 1090 g/mol. The molecular weight excluding hydrogens is 1030 g/mol. The van der Waals surface area contributed by atoms with Gasteiger partial charge < -0.3 is 9.80 Å². The fraction of sp³-hybridized carbons (Fsp3) is 0.345. The molecular formula is C55H52Br3Cl3N2. The van der Waals surface area contributed by atoms with E-state index >= 15 is 0 Å². The van der Waals surface area contributed by atoms with Gasteiger partial charge in [-0.1, -0.05) is 220 Å². The summed E-state index contributed by atoms with van der Waals surface area (Å²) >= 11 is 26.0. The predicted octanol–water partition coefficient (Wildman–Crippen LogP) is 18.4. The molecule has 8 heteroatoms. The molecule has 0 unspecified atom stereocenters. The number of benzene rings is 6. The minimum Gasteiger partial charge on any atom is -0.309 e. The zero-order valence-electron chi connectivity index (χ0n) is 37.9. The molecule has 6 aliphatic heterocycles. The van der Waals surface area contributed by atoms with Crippen LogP contribution in [0.15, 0.2) is 104 Å². The maximum atomic E-state index is 4.81. The van der Waals surface area contributed by atoms with Crippen LogP contribution in [-0.2, 0) is 32.5 Å². The van der Waals surface area contributed by atoms with Crippen molar-refractivity contribution in [2.45, 2.75) is 120 Å². The number of rotatable bonds is 0. The zero-order chi connectivity index (χ0) is 45.5. The van der Waals surface area contributed by atoms with Gasteiger partial charge in [0.25, 0.3) is 0 Å². The zero-order valence-corrected chi connectivity index (χ0v) is 44.9. The summed E-state index contributed by atoms with van der Waals surface area (Å²) in [7, 11) is 0. The number of halogens is 6. The van der Waals surface area contributed by atoms with Gasteiger partial charge in [0, 0.05) is 45.9 Å². The fourth-order valence-electron chi connectivity index (χ4n) is 12.3. The first-order valence-corrected chi connectivity index (χ1v) is 25.4. The van der Waals surface area contributed by atoms with Crippen LogP contribution >= 0.6 is 82.6 Å². The molecule has 12 rings (SSSR count). The van der Waals surface area contributed by atoms with Gasteiger partial charge in [-0.3, -0.25) is 0 Å². The smallest absolute Gasteiger partial charge is 0.180 e. The minimum absolute atomic E-state index is 0.0108. The second-order valence-corrected chi connectivity index (χ2v) is 26.0. The molecule has 0 atom stereocenters. The van der Waals surface area contributed by atoms with Crippen molar-refractivity contribution in [3.63, 3.8) is 0 Å². The SMILES string of the molecule is CC1(C)c2cc(Br)cc3c2N2c4c1cc(Br)cc4C(C)(C)c1cc(Br)cc(c12)C3(C)C.CC1(C)c2cccc3c2N2c4c1cccc4C(C)(C)c1cccc(c12)C3(C)C.ClC(Cl)Cl. The van der Waals surface area contributed by atoms with E-state index in [9.17, 15) is 0 Å². The molecule has 0 saturated heterocycles. The maximum Gasteiger partial charge on any atom is 0.180 e. The molecule has 63 heavy (non-hydrogen) atoms. The molecule has 0 fully saturated rings. The van der Waals surface area contributed by atoms with Crippen molar-refractivity contribution >= 4 is 117 Å². The van der Waals surface area contributed by atoms with Gasteiger partial charge in [-0.25, -0.2) is 0 Å². The molecule has 6 aliphatic rings. The van der Waals surface area contributed by atoms with Gasteiger partial charge in [0.2, 0.25) is 0 Å². The highest BCUT2D eigenvalue weighted by Crippen LogP contribution is 2.68. The number of para-hydroxylation sites is 3. The Bertz CT molecular complexity index is 2540. The van der Waals surface area contributed by atoms with Crippen LogP contribution in [0.1, 0.15) is 150 Å². The van der Waals surface area contributed by atoms with E-state index in [2.05, 4.69) is 232 Å². The molecule has 0 aromatic heterocycles. The molecule has 0 radical (unpaired) electrons. The standard InChI is InChI=1S/C27H24Br3N.C27H27N.CHCl3/c1-25(2)16-7-13(28)9-18-22(16)31-23-17(25)8-14(29)10-19(23)27(5,6)21-12-15(30)11-20(24(21)31)26(18,3)4;1-25(2)16-10-7-12-18-22(16)28-23-17(25)11-8-13-19(23)27(5,6)21-15-9-14-20(24(21)28)26(18,3)4;2-1(3)4/h7-12H,1-6H3;7-15H,1-6H3;1H. The van der Waals surface area contributed by atoms with Crippen LogP contribution < -0.4 is 9.80 Å². The summed E-state index contributed by atoms with van der Waals surface area (Å²) in [5.41, 5.74) is 25.1. The molecule has 0 spiro atoms. The lowest BCUT2D eigenvalue weighted by Gasteiger charge is -2.55. The highest BCUT2D eigenvalue weighted by molar-refractivity contribution is 9.11. The van der Waals surface area contributed by atoms with E-state index < -0.39 is 4.30 Å². The van der Waals surface area contributed by atoms with Crippen molar-refractivity contribution in [2.75, 3.05) is 9.80 Å². The lowest BCUT2D eigenvalue weighted by Crippen LogP contribution is -2.43. The number of hydrogen-bond acceptors (Lipinski definition) is 2. The second-order valence-electron chi connectivity index (χ2n) is 21.3. The van der Waals surface area contributed by atoms with Crippen LogP contribution in [0.5, 0.6) is 0 Å². The molecule has 324 valence electrons. The van der Waals surface area contributed by atoms with Gasteiger partial charge in [0.15, 0.2) is 4.30 Å². The maximum absolute atomic E-state index is 4.81. The molecule has 0 N–H and O–H groups in total. The summed E-state index contributed by atoms with van der Waals surface area (Å²) in [6.07, 6.45) is 0. The van der Waals surface area contributed by atoms with Gasteiger partial charge >= 0.3 is 0 Å². The fourth-order valence-corrected chi connectivity index (χ4v) is 13.7. The number of hydrogen-bond donors (Lipinski definition) is 0. The highest BCUT2D eigenvalue weighted by Gasteiger charge is 2.53. The monoisotopic (exact) mass is 1080 g/mol. The lowest BCUT2D eigenvalue weighted by atomic mass is 9.61. The van der Waals surface area contributed by atoms with Crippen LogP contribution in [-0.4, -0.2) is 4.30 Å². The van der Waals surface area contributed by atoms with Crippen molar-refractivity contribution in [2.24, 2.45) is 0 Å². The third kappa shape index (κ3) is 5.78. The predicted molar refractivity (Wildman–Crippen MR) is 279 cm³/mol.